The van der Waals surface area contributed by atoms with Crippen LogP contribution in [0, 0.1) is 11.3 Å². The predicted molar refractivity (Wildman–Crippen MR) is 249 cm³/mol. The van der Waals surface area contributed by atoms with Crippen molar-refractivity contribution in [2.45, 2.75) is 124 Å². The lowest BCUT2D eigenvalue weighted by molar-refractivity contribution is -0.128. The number of carbonyl (C=O) groups is 6. The summed E-state index contributed by atoms with van der Waals surface area (Å²) in [5.74, 6) is -0.663. The molecular formula is C45H70N10O7S. The van der Waals surface area contributed by atoms with Crippen molar-refractivity contribution in [2.75, 3.05) is 38.0 Å². The summed E-state index contributed by atoms with van der Waals surface area (Å²) in [6.45, 7) is 14.1. The highest BCUT2D eigenvalue weighted by Gasteiger charge is 2.26. The predicted octanol–water partition coefficient (Wildman–Crippen LogP) is 5.20. The number of ether oxygens (including phenoxy) is 1. The number of unbranched alkanes of at least 4 members (excludes halogenated alkanes) is 2. The minimum Gasteiger partial charge on any atom is -0.445 e. The van der Waals surface area contributed by atoms with Crippen LogP contribution in [0.3, 0.4) is 0 Å². The number of rotatable bonds is 25. The molecular weight excluding hydrogens is 825 g/mol. The third-order valence-corrected chi connectivity index (χ3v) is 11.1. The molecule has 2 aromatic rings. The van der Waals surface area contributed by atoms with E-state index in [1.54, 1.807) is 35.6 Å². The Bertz CT molecular complexity index is 1910. The number of carbonyl (C=O) groups excluding carboxylic acids is 6. The average Bonchev–Trinajstić information content (AvgIpc) is 3.51. The number of alkyl carbamates (subject to hydrolysis) is 1. The zero-order chi connectivity index (χ0) is 46.5. The fourth-order valence-corrected chi connectivity index (χ4v) is 7.70. The molecule has 0 radical (unpaired) electrons. The van der Waals surface area contributed by atoms with Gasteiger partial charge in [0.1, 0.15) is 18.5 Å². The smallest absolute Gasteiger partial charge is 0.407 e. The van der Waals surface area contributed by atoms with Crippen LogP contribution in [0.4, 0.5) is 21.0 Å². The highest BCUT2D eigenvalue weighted by molar-refractivity contribution is 7.13. The van der Waals surface area contributed by atoms with E-state index < -0.39 is 36.0 Å². The number of thiophene rings is 1. The number of benzene rings is 1. The van der Waals surface area contributed by atoms with E-state index in [1.807, 2.05) is 58.6 Å². The van der Waals surface area contributed by atoms with Gasteiger partial charge in [-0.25, -0.2) is 14.6 Å². The lowest BCUT2D eigenvalue weighted by atomic mass is 9.92. The van der Waals surface area contributed by atoms with Crippen LogP contribution >= 0.6 is 11.3 Å². The molecule has 0 spiro atoms. The maximum atomic E-state index is 13.7. The summed E-state index contributed by atoms with van der Waals surface area (Å²) in [5.41, 5.74) is 19.9. The molecule has 0 saturated heterocycles. The van der Waals surface area contributed by atoms with Crippen molar-refractivity contribution in [3.8, 4) is 0 Å². The number of anilines is 1. The highest BCUT2D eigenvalue weighted by atomic mass is 32.1. The fraction of sp³-hybridized carbons (Fsp3) is 0.578. The zero-order valence-corrected chi connectivity index (χ0v) is 38.7. The van der Waals surface area contributed by atoms with E-state index in [0.717, 1.165) is 47.5 Å². The van der Waals surface area contributed by atoms with E-state index in [2.05, 4.69) is 31.6 Å². The summed E-state index contributed by atoms with van der Waals surface area (Å²) in [7, 11) is 0. The first-order valence-corrected chi connectivity index (χ1v) is 22.8. The summed E-state index contributed by atoms with van der Waals surface area (Å²) in [6.07, 6.45) is 7.60. The van der Waals surface area contributed by atoms with E-state index in [0.29, 0.717) is 68.1 Å². The van der Waals surface area contributed by atoms with Gasteiger partial charge in [0.25, 0.3) is 0 Å². The lowest BCUT2D eigenvalue weighted by Gasteiger charge is -2.24. The van der Waals surface area contributed by atoms with Crippen molar-refractivity contribution in [3.63, 3.8) is 0 Å². The summed E-state index contributed by atoms with van der Waals surface area (Å²) in [5, 5.41) is 13.7. The topological polar surface area (TPSA) is 265 Å². The number of amides is 7. The molecule has 2 heterocycles. The molecule has 1 aromatic heterocycles. The molecule has 348 valence electrons. The fourth-order valence-electron chi connectivity index (χ4n) is 6.59. The van der Waals surface area contributed by atoms with Crippen LogP contribution in [0.15, 0.2) is 40.9 Å². The second kappa shape index (κ2) is 26.2. The number of fused-ring (bicyclic) bond motifs is 1. The second-order valence-corrected chi connectivity index (χ2v) is 18.6. The average molecular weight is 895 g/mol. The number of primary amides is 1. The number of urea groups is 1. The number of aliphatic imine (C=N–C) groups is 1. The summed E-state index contributed by atoms with van der Waals surface area (Å²) >= 11 is 1.61. The van der Waals surface area contributed by atoms with Crippen LogP contribution in [0.1, 0.15) is 115 Å². The van der Waals surface area contributed by atoms with Gasteiger partial charge in [-0.05, 0) is 86.1 Å². The Morgan fingerprint density at radius 1 is 0.905 bits per heavy atom. The van der Waals surface area contributed by atoms with E-state index in [-0.39, 0.29) is 49.1 Å². The van der Waals surface area contributed by atoms with Gasteiger partial charge in [-0.3, -0.25) is 19.2 Å². The van der Waals surface area contributed by atoms with Crippen molar-refractivity contribution in [1.29, 1.82) is 0 Å². The van der Waals surface area contributed by atoms with E-state index >= 15 is 0 Å². The number of nitrogens with one attached hydrogen (secondary N) is 5. The van der Waals surface area contributed by atoms with Gasteiger partial charge in [-0.2, -0.15) is 0 Å². The molecule has 2 atom stereocenters. The molecule has 11 N–H and O–H groups in total. The number of amidine groups is 1. The summed E-state index contributed by atoms with van der Waals surface area (Å²) < 4.78 is 5.38. The maximum absolute atomic E-state index is 13.7. The molecule has 17 nitrogen and oxygen atoms in total. The maximum Gasteiger partial charge on any atom is 0.407 e. The monoisotopic (exact) mass is 895 g/mol. The normalized spacial score (nSPS) is 13.3. The third kappa shape index (κ3) is 19.6. The van der Waals surface area contributed by atoms with Crippen LogP contribution in [-0.2, 0) is 36.9 Å². The Hall–Kier alpha value is -5.49. The molecule has 63 heavy (non-hydrogen) atoms. The van der Waals surface area contributed by atoms with Gasteiger partial charge in [0.2, 0.25) is 23.6 Å². The molecule has 18 heteroatoms. The molecule has 3 rings (SSSR count). The van der Waals surface area contributed by atoms with Gasteiger partial charge >= 0.3 is 12.1 Å². The van der Waals surface area contributed by atoms with Gasteiger partial charge in [-0.1, -0.05) is 60.1 Å². The van der Waals surface area contributed by atoms with Gasteiger partial charge in [0.05, 0.1) is 16.6 Å². The Balaban J connectivity index is 1.41. The molecule has 7 amide bonds. The molecule has 0 bridgehead atoms. The zero-order valence-electron chi connectivity index (χ0n) is 37.9. The molecule has 0 saturated carbocycles. The van der Waals surface area contributed by atoms with Crippen LogP contribution in [0.2, 0.25) is 0 Å². The largest absolute Gasteiger partial charge is 0.445 e. The SMILES string of the molecule is CCCN(CCCNC(=O)CC(C)(C)C)C(=O)C1=Cc2sc(CCCCCNC(=O)OCc3ccc(NC(=O)[C@H](CCCNC(N)=O)NC(=O)[C@@H](N)C(C)C)cc3)cc2N=C(N)C1. The van der Waals surface area contributed by atoms with Crippen LogP contribution in [0.5, 0.6) is 0 Å². The van der Waals surface area contributed by atoms with Crippen LogP contribution in [0.25, 0.3) is 6.08 Å². The minimum atomic E-state index is -0.890. The van der Waals surface area contributed by atoms with Gasteiger partial charge in [0, 0.05) is 61.7 Å². The van der Waals surface area contributed by atoms with Gasteiger partial charge in [0.15, 0.2) is 0 Å². The van der Waals surface area contributed by atoms with Crippen LogP contribution < -0.4 is 43.8 Å². The second-order valence-electron chi connectivity index (χ2n) is 17.4. The van der Waals surface area contributed by atoms with Gasteiger partial charge in [-0.15, -0.1) is 11.3 Å². The molecule has 1 aromatic carbocycles. The number of nitrogens with zero attached hydrogens (tertiary/aromatic N) is 2. The Morgan fingerprint density at radius 2 is 1.60 bits per heavy atom. The van der Waals surface area contributed by atoms with E-state index in [4.69, 9.17) is 21.9 Å². The Morgan fingerprint density at radius 3 is 2.27 bits per heavy atom. The van der Waals surface area contributed by atoms with Crippen molar-refractivity contribution < 1.29 is 33.5 Å². The van der Waals surface area contributed by atoms with Crippen molar-refractivity contribution in [2.24, 2.45) is 33.5 Å². The number of hydrogen-bond donors (Lipinski definition) is 8. The van der Waals surface area contributed by atoms with E-state index in [9.17, 15) is 28.8 Å². The van der Waals surface area contributed by atoms with Crippen molar-refractivity contribution in [1.82, 2.24) is 26.2 Å². The quantitative estimate of drug-likeness (QED) is 0.0608. The molecule has 0 aliphatic carbocycles. The molecule has 0 unspecified atom stereocenters. The first-order valence-electron chi connectivity index (χ1n) is 22.0. The van der Waals surface area contributed by atoms with Crippen molar-refractivity contribution >= 4 is 70.4 Å². The summed E-state index contributed by atoms with van der Waals surface area (Å²) in [6, 6.07) is 6.48. The first kappa shape index (κ1) is 51.9. The summed E-state index contributed by atoms with van der Waals surface area (Å²) in [4.78, 5) is 83.6. The van der Waals surface area contributed by atoms with E-state index in [1.165, 1.54) is 0 Å². The number of aryl methyl sites for hydroxylation is 1. The lowest BCUT2D eigenvalue weighted by Crippen LogP contribution is -2.51. The molecule has 1 aliphatic heterocycles. The Kier molecular flexibility index (Phi) is 21.6. The van der Waals surface area contributed by atoms with Gasteiger partial charge < -0.3 is 53.4 Å². The first-order chi connectivity index (χ1) is 29.8. The standard InChI is InChI=1S/C45H70N10O7S/c1-7-22-55(23-12-21-49-38(56)27-45(4,5)6)42(59)31-24-36-35(53-37(46)25-31)26-33(63-36)13-9-8-10-19-51-44(61)62-28-30-15-17-32(18-16-30)52-40(57)34(14-11-20-50-43(48)60)54-41(58)39(47)29(2)3/h15-18,24,26,29,34,39H,7-14,19-23,25,27-28,47H2,1-6H3,(H2,46,53)(H,49,56)(H,51,61)(H,52,57)(H,54,58)(H3,48,50,60)/t34-,39-/m0/s1. The van der Waals surface area contributed by atoms with Crippen molar-refractivity contribution in [3.05, 3.63) is 51.2 Å². The Labute approximate surface area is 376 Å². The number of hydrogen-bond acceptors (Lipinski definition) is 11. The third-order valence-electron chi connectivity index (χ3n) is 9.99. The van der Waals surface area contributed by atoms with Crippen LogP contribution in [-0.4, -0.2) is 91.3 Å². The molecule has 0 fully saturated rings. The number of nitrogens with two attached hydrogens (primary N) is 3. The molecule has 1 aliphatic rings. The highest BCUT2D eigenvalue weighted by Crippen LogP contribution is 2.35. The minimum absolute atomic E-state index is 0.0173.